The smallest absolute Gasteiger partial charge is 0.249 e. The van der Waals surface area contributed by atoms with E-state index in [1.807, 2.05) is 30.3 Å². The summed E-state index contributed by atoms with van der Waals surface area (Å²) in [5, 5.41) is 3.75. The van der Waals surface area contributed by atoms with Crippen LogP contribution in [0.3, 0.4) is 0 Å². The van der Waals surface area contributed by atoms with Crippen LogP contribution in [0, 0.1) is 0 Å². The first-order valence-electron chi connectivity index (χ1n) is 6.99. The van der Waals surface area contributed by atoms with Crippen LogP contribution in [-0.4, -0.2) is 31.2 Å². The Bertz CT molecular complexity index is 613. The number of carbonyl (C=O) groups excluding carboxylic acids is 1. The topological polar surface area (TPSA) is 60.5 Å². The minimum absolute atomic E-state index is 0.150. The number of amides is 1. The number of benzene rings is 1. The van der Waals surface area contributed by atoms with Crippen molar-refractivity contribution in [3.8, 4) is 10.4 Å². The van der Waals surface area contributed by atoms with Gasteiger partial charge in [0.25, 0.3) is 0 Å². The van der Waals surface area contributed by atoms with Gasteiger partial charge >= 0.3 is 0 Å². The Kier molecular flexibility index (Phi) is 6.06. The van der Waals surface area contributed by atoms with Crippen molar-refractivity contribution in [1.29, 1.82) is 0 Å². The molecule has 2 aromatic rings. The van der Waals surface area contributed by atoms with Gasteiger partial charge in [-0.1, -0.05) is 30.3 Å². The van der Waals surface area contributed by atoms with E-state index in [1.165, 1.54) is 7.11 Å². The van der Waals surface area contributed by atoms with Gasteiger partial charge in [-0.15, -0.1) is 11.3 Å². The van der Waals surface area contributed by atoms with Crippen molar-refractivity contribution in [2.24, 2.45) is 0 Å². The first kappa shape index (κ1) is 16.6. The molecule has 0 aliphatic rings. The van der Waals surface area contributed by atoms with E-state index in [4.69, 9.17) is 9.47 Å². The molecule has 0 saturated heterocycles. The third-order valence-electron chi connectivity index (χ3n) is 3.20. The lowest BCUT2D eigenvalue weighted by molar-refractivity contribution is -0.130. The molecule has 0 spiro atoms. The predicted octanol–water partition coefficient (Wildman–Crippen LogP) is 2.61. The van der Waals surface area contributed by atoms with E-state index in [0.29, 0.717) is 13.2 Å². The molecule has 22 heavy (non-hydrogen) atoms. The van der Waals surface area contributed by atoms with Crippen molar-refractivity contribution in [2.45, 2.75) is 26.2 Å². The predicted molar refractivity (Wildman–Crippen MR) is 86.6 cm³/mol. The molecule has 6 heteroatoms. The van der Waals surface area contributed by atoms with Gasteiger partial charge in [-0.3, -0.25) is 4.79 Å². The standard InChI is InChI=1S/C16H20N2O3S/c1-11(21-3)16(19)17-9-13-15(12-7-5-4-6-8-12)22-14(18-13)10-20-2/h4-8,11H,9-10H2,1-3H3,(H,17,19)/t11-/m0/s1. The maximum absolute atomic E-state index is 11.8. The van der Waals surface area contributed by atoms with Crippen LogP contribution in [0.15, 0.2) is 30.3 Å². The lowest BCUT2D eigenvalue weighted by Gasteiger charge is -2.10. The molecule has 0 fully saturated rings. The highest BCUT2D eigenvalue weighted by Crippen LogP contribution is 2.30. The van der Waals surface area contributed by atoms with Gasteiger partial charge in [0.1, 0.15) is 11.1 Å². The van der Waals surface area contributed by atoms with Crippen molar-refractivity contribution in [3.63, 3.8) is 0 Å². The molecule has 5 nitrogen and oxygen atoms in total. The number of aromatic nitrogens is 1. The Morgan fingerprint density at radius 2 is 2.05 bits per heavy atom. The van der Waals surface area contributed by atoms with Crippen LogP contribution in [0.1, 0.15) is 17.6 Å². The van der Waals surface area contributed by atoms with Gasteiger partial charge in [-0.2, -0.15) is 0 Å². The zero-order chi connectivity index (χ0) is 15.9. The molecule has 0 saturated carbocycles. The molecular formula is C16H20N2O3S. The van der Waals surface area contributed by atoms with Crippen LogP contribution in [0.4, 0.5) is 0 Å². The fraction of sp³-hybridized carbons (Fsp3) is 0.375. The quantitative estimate of drug-likeness (QED) is 0.852. The molecule has 0 bridgehead atoms. The molecule has 0 unspecified atom stereocenters. The molecule has 1 atom stereocenters. The van der Waals surface area contributed by atoms with E-state index >= 15 is 0 Å². The van der Waals surface area contributed by atoms with Gasteiger partial charge in [0.15, 0.2) is 0 Å². The summed E-state index contributed by atoms with van der Waals surface area (Å²) in [4.78, 5) is 17.5. The number of rotatable bonds is 7. The van der Waals surface area contributed by atoms with Crippen molar-refractivity contribution in [1.82, 2.24) is 10.3 Å². The summed E-state index contributed by atoms with van der Waals surface area (Å²) >= 11 is 1.58. The number of methoxy groups -OCH3 is 2. The Morgan fingerprint density at radius 1 is 1.32 bits per heavy atom. The van der Waals surface area contributed by atoms with Crippen LogP contribution in [-0.2, 0) is 27.4 Å². The normalized spacial score (nSPS) is 12.1. The molecule has 1 aromatic carbocycles. The summed E-state index contributed by atoms with van der Waals surface area (Å²) in [6, 6.07) is 10.0. The second kappa shape index (κ2) is 8.03. The third kappa shape index (κ3) is 4.13. The van der Waals surface area contributed by atoms with Crippen LogP contribution < -0.4 is 5.32 Å². The molecule has 0 aliphatic carbocycles. The van der Waals surface area contributed by atoms with E-state index in [1.54, 1.807) is 25.4 Å². The Morgan fingerprint density at radius 3 is 2.68 bits per heavy atom. The van der Waals surface area contributed by atoms with Crippen LogP contribution in [0.2, 0.25) is 0 Å². The summed E-state index contributed by atoms with van der Waals surface area (Å²) in [7, 11) is 3.16. The van der Waals surface area contributed by atoms with Gasteiger partial charge in [-0.05, 0) is 12.5 Å². The summed E-state index contributed by atoms with van der Waals surface area (Å²) in [6.45, 7) is 2.55. The summed E-state index contributed by atoms with van der Waals surface area (Å²) < 4.78 is 10.2. The highest BCUT2D eigenvalue weighted by molar-refractivity contribution is 7.15. The monoisotopic (exact) mass is 320 g/mol. The van der Waals surface area contributed by atoms with E-state index < -0.39 is 6.10 Å². The van der Waals surface area contributed by atoms with Gasteiger partial charge in [-0.25, -0.2) is 4.98 Å². The largest absolute Gasteiger partial charge is 0.378 e. The van der Waals surface area contributed by atoms with Gasteiger partial charge in [0.05, 0.1) is 23.7 Å². The van der Waals surface area contributed by atoms with E-state index in [2.05, 4.69) is 10.3 Å². The average molecular weight is 320 g/mol. The second-order valence-corrected chi connectivity index (χ2v) is 5.86. The van der Waals surface area contributed by atoms with Crippen LogP contribution >= 0.6 is 11.3 Å². The lowest BCUT2D eigenvalue weighted by Crippen LogP contribution is -2.33. The summed E-state index contributed by atoms with van der Waals surface area (Å²) in [5.74, 6) is -0.150. The number of nitrogens with zero attached hydrogens (tertiary/aromatic N) is 1. The zero-order valence-corrected chi connectivity index (χ0v) is 13.8. The fourth-order valence-electron chi connectivity index (χ4n) is 1.94. The molecule has 0 aliphatic heterocycles. The number of hydrogen-bond donors (Lipinski definition) is 1. The Balaban J connectivity index is 2.20. The summed E-state index contributed by atoms with van der Waals surface area (Å²) in [6.07, 6.45) is -0.475. The number of hydrogen-bond acceptors (Lipinski definition) is 5. The van der Waals surface area contributed by atoms with E-state index in [9.17, 15) is 4.79 Å². The van der Waals surface area contributed by atoms with Crippen molar-refractivity contribution >= 4 is 17.2 Å². The summed E-state index contributed by atoms with van der Waals surface area (Å²) in [5.41, 5.74) is 1.94. The number of carbonyl (C=O) groups is 1. The number of nitrogens with one attached hydrogen (secondary N) is 1. The third-order valence-corrected chi connectivity index (χ3v) is 4.32. The Hall–Kier alpha value is -1.76. The van der Waals surface area contributed by atoms with Crippen molar-refractivity contribution in [3.05, 3.63) is 41.0 Å². The molecule has 1 aromatic heterocycles. The number of ether oxygens (including phenoxy) is 2. The van der Waals surface area contributed by atoms with Crippen molar-refractivity contribution in [2.75, 3.05) is 14.2 Å². The SMILES string of the molecule is COCc1nc(CNC(=O)[C@H](C)OC)c(-c2ccccc2)s1. The molecule has 0 radical (unpaired) electrons. The fourth-order valence-corrected chi connectivity index (χ4v) is 3.00. The van der Waals surface area contributed by atoms with Crippen LogP contribution in [0.25, 0.3) is 10.4 Å². The number of thiazole rings is 1. The van der Waals surface area contributed by atoms with Gasteiger partial charge in [0, 0.05) is 14.2 Å². The van der Waals surface area contributed by atoms with E-state index in [0.717, 1.165) is 21.1 Å². The van der Waals surface area contributed by atoms with Crippen molar-refractivity contribution < 1.29 is 14.3 Å². The highest BCUT2D eigenvalue weighted by Gasteiger charge is 2.16. The first-order valence-corrected chi connectivity index (χ1v) is 7.80. The molecule has 118 valence electrons. The first-order chi connectivity index (χ1) is 10.7. The van der Waals surface area contributed by atoms with E-state index in [-0.39, 0.29) is 5.91 Å². The lowest BCUT2D eigenvalue weighted by atomic mass is 10.1. The molecule has 1 heterocycles. The molecule has 1 N–H and O–H groups in total. The van der Waals surface area contributed by atoms with Gasteiger partial charge < -0.3 is 14.8 Å². The van der Waals surface area contributed by atoms with Crippen LogP contribution in [0.5, 0.6) is 0 Å². The highest BCUT2D eigenvalue weighted by atomic mass is 32.1. The van der Waals surface area contributed by atoms with Gasteiger partial charge in [0.2, 0.25) is 5.91 Å². The maximum Gasteiger partial charge on any atom is 0.249 e. The molecular weight excluding hydrogens is 300 g/mol. The maximum atomic E-state index is 11.8. The minimum Gasteiger partial charge on any atom is -0.378 e. The molecule has 1 amide bonds. The minimum atomic E-state index is -0.475. The Labute approximate surface area is 134 Å². The average Bonchev–Trinajstić information content (AvgIpc) is 2.96. The molecule has 2 rings (SSSR count). The zero-order valence-electron chi connectivity index (χ0n) is 13.0. The second-order valence-electron chi connectivity index (χ2n) is 4.78.